The normalized spacial score (nSPS) is 10.9. The molecule has 21 heavy (non-hydrogen) atoms. The average Bonchev–Trinajstić information content (AvgIpc) is 3.13. The third-order valence-electron chi connectivity index (χ3n) is 3.14. The number of carbonyl (C=O) groups is 1. The predicted octanol–water partition coefficient (Wildman–Crippen LogP) is 2.31. The molecule has 0 atom stereocenters. The molecule has 0 saturated heterocycles. The number of imidazole rings is 1. The van der Waals surface area contributed by atoms with Crippen molar-refractivity contribution in [2.75, 3.05) is 6.54 Å². The molecule has 0 aliphatic carbocycles. The van der Waals surface area contributed by atoms with Gasteiger partial charge in [0.05, 0.1) is 15.2 Å². The van der Waals surface area contributed by atoms with Crippen LogP contribution in [0.3, 0.4) is 0 Å². The van der Waals surface area contributed by atoms with Crippen molar-refractivity contribution in [3.63, 3.8) is 0 Å². The highest BCUT2D eigenvalue weighted by molar-refractivity contribution is 7.18. The molecular formula is C15H16N4OS. The van der Waals surface area contributed by atoms with Crippen LogP contribution in [0.2, 0.25) is 0 Å². The summed E-state index contributed by atoms with van der Waals surface area (Å²) in [7, 11) is 0. The van der Waals surface area contributed by atoms with Gasteiger partial charge in [-0.05, 0) is 12.1 Å². The summed E-state index contributed by atoms with van der Waals surface area (Å²) in [5.41, 5.74) is 1.01. The van der Waals surface area contributed by atoms with E-state index in [1.54, 1.807) is 23.7 Å². The topological polar surface area (TPSA) is 70.7 Å². The Kier molecular flexibility index (Phi) is 4.25. The van der Waals surface area contributed by atoms with E-state index in [4.69, 9.17) is 0 Å². The Hall–Kier alpha value is -2.21. The van der Waals surface area contributed by atoms with E-state index < -0.39 is 0 Å². The number of hydrogen-bond donors (Lipinski definition) is 2. The maximum Gasteiger partial charge on any atom is 0.220 e. The predicted molar refractivity (Wildman–Crippen MR) is 83.2 cm³/mol. The van der Waals surface area contributed by atoms with Crippen molar-refractivity contribution in [1.82, 2.24) is 20.3 Å². The molecule has 3 aromatic rings. The van der Waals surface area contributed by atoms with Gasteiger partial charge in [-0.25, -0.2) is 9.97 Å². The van der Waals surface area contributed by atoms with E-state index in [0.29, 0.717) is 19.4 Å². The second kappa shape index (κ2) is 6.49. The molecule has 5 nitrogen and oxygen atoms in total. The summed E-state index contributed by atoms with van der Waals surface area (Å²) in [6, 6.07) is 8.04. The molecule has 3 rings (SSSR count). The van der Waals surface area contributed by atoms with Gasteiger partial charge < -0.3 is 10.3 Å². The molecule has 2 aromatic heterocycles. The van der Waals surface area contributed by atoms with Gasteiger partial charge in [0.25, 0.3) is 0 Å². The van der Waals surface area contributed by atoms with E-state index in [9.17, 15) is 4.79 Å². The second-order valence-electron chi connectivity index (χ2n) is 4.71. The minimum atomic E-state index is 0.0563. The summed E-state index contributed by atoms with van der Waals surface area (Å²) in [5.74, 6) is 0.947. The number of aromatic amines is 1. The van der Waals surface area contributed by atoms with Crippen molar-refractivity contribution in [1.29, 1.82) is 0 Å². The molecule has 0 saturated carbocycles. The van der Waals surface area contributed by atoms with Gasteiger partial charge in [0.2, 0.25) is 5.91 Å². The van der Waals surface area contributed by atoms with E-state index in [-0.39, 0.29) is 5.91 Å². The number of rotatable bonds is 6. The van der Waals surface area contributed by atoms with Crippen LogP contribution in [0.1, 0.15) is 17.3 Å². The first kappa shape index (κ1) is 13.8. The maximum atomic E-state index is 11.8. The summed E-state index contributed by atoms with van der Waals surface area (Å²) >= 11 is 1.66. The average molecular weight is 300 g/mol. The number of hydrogen-bond acceptors (Lipinski definition) is 4. The molecule has 2 heterocycles. The van der Waals surface area contributed by atoms with E-state index >= 15 is 0 Å². The largest absolute Gasteiger partial charge is 0.356 e. The van der Waals surface area contributed by atoms with Crippen molar-refractivity contribution in [2.45, 2.75) is 19.3 Å². The van der Waals surface area contributed by atoms with Crippen molar-refractivity contribution < 1.29 is 4.79 Å². The van der Waals surface area contributed by atoms with Gasteiger partial charge in [0.15, 0.2) is 0 Å². The smallest absolute Gasteiger partial charge is 0.220 e. The first-order valence-electron chi connectivity index (χ1n) is 6.90. The zero-order valence-electron chi connectivity index (χ0n) is 11.5. The number of nitrogens with zero attached hydrogens (tertiary/aromatic N) is 2. The van der Waals surface area contributed by atoms with Crippen LogP contribution in [0.5, 0.6) is 0 Å². The highest BCUT2D eigenvalue weighted by Gasteiger charge is 2.06. The minimum absolute atomic E-state index is 0.0563. The zero-order valence-corrected chi connectivity index (χ0v) is 12.3. The molecule has 6 heteroatoms. The minimum Gasteiger partial charge on any atom is -0.356 e. The summed E-state index contributed by atoms with van der Waals surface area (Å²) in [6.07, 6.45) is 5.37. The SMILES string of the molecule is O=C(CCc1nc2ccccc2s1)NCCc1ncc[nH]1. The summed E-state index contributed by atoms with van der Waals surface area (Å²) < 4.78 is 1.17. The molecule has 108 valence electrons. The fourth-order valence-electron chi connectivity index (χ4n) is 2.09. The summed E-state index contributed by atoms with van der Waals surface area (Å²) in [4.78, 5) is 23.5. The molecule has 1 aromatic carbocycles. The second-order valence-corrected chi connectivity index (χ2v) is 5.83. The van der Waals surface area contributed by atoms with E-state index in [0.717, 1.165) is 22.8 Å². The fourth-order valence-corrected chi connectivity index (χ4v) is 3.06. The zero-order chi connectivity index (χ0) is 14.5. The van der Waals surface area contributed by atoms with Gasteiger partial charge in [0.1, 0.15) is 5.82 Å². The highest BCUT2D eigenvalue weighted by atomic mass is 32.1. The lowest BCUT2D eigenvalue weighted by Crippen LogP contribution is -2.26. The van der Waals surface area contributed by atoms with Crippen LogP contribution in [0.25, 0.3) is 10.2 Å². The molecule has 0 aliphatic heterocycles. The first-order valence-corrected chi connectivity index (χ1v) is 7.72. The molecule has 0 aliphatic rings. The number of H-pyrrole nitrogens is 1. The molecule has 0 radical (unpaired) electrons. The molecular weight excluding hydrogens is 284 g/mol. The third kappa shape index (κ3) is 3.66. The Morgan fingerprint density at radius 1 is 1.29 bits per heavy atom. The molecule has 0 unspecified atom stereocenters. The summed E-state index contributed by atoms with van der Waals surface area (Å²) in [6.45, 7) is 0.603. The maximum absolute atomic E-state index is 11.8. The first-order chi connectivity index (χ1) is 10.3. The van der Waals surface area contributed by atoms with Crippen LogP contribution < -0.4 is 5.32 Å². The molecule has 0 bridgehead atoms. The molecule has 2 N–H and O–H groups in total. The van der Waals surface area contributed by atoms with Gasteiger partial charge in [-0.2, -0.15) is 0 Å². The van der Waals surface area contributed by atoms with Gasteiger partial charge in [-0.15, -0.1) is 11.3 Å². The van der Waals surface area contributed by atoms with Crippen LogP contribution in [0.4, 0.5) is 0 Å². The number of thiazole rings is 1. The number of carbonyl (C=O) groups excluding carboxylic acids is 1. The Balaban J connectivity index is 1.44. The van der Waals surface area contributed by atoms with E-state index in [1.165, 1.54) is 4.70 Å². The number of nitrogens with one attached hydrogen (secondary N) is 2. The standard InChI is InChI=1S/C15H16N4OS/c20-14(18-8-7-13-16-9-10-17-13)5-6-15-19-11-3-1-2-4-12(11)21-15/h1-4,9-10H,5-8H2,(H,16,17)(H,18,20). The fraction of sp³-hybridized carbons (Fsp3) is 0.267. The number of amides is 1. The lowest BCUT2D eigenvalue weighted by Gasteiger charge is -2.02. The van der Waals surface area contributed by atoms with Gasteiger partial charge in [-0.3, -0.25) is 4.79 Å². The molecule has 0 spiro atoms. The Morgan fingerprint density at radius 3 is 3.00 bits per heavy atom. The monoisotopic (exact) mass is 300 g/mol. The van der Waals surface area contributed by atoms with Crippen molar-refractivity contribution in [2.24, 2.45) is 0 Å². The van der Waals surface area contributed by atoms with Crippen LogP contribution in [0, 0.1) is 0 Å². The number of benzene rings is 1. The van der Waals surface area contributed by atoms with Crippen molar-refractivity contribution >= 4 is 27.5 Å². The van der Waals surface area contributed by atoms with Crippen LogP contribution >= 0.6 is 11.3 Å². The van der Waals surface area contributed by atoms with Gasteiger partial charge >= 0.3 is 0 Å². The summed E-state index contributed by atoms with van der Waals surface area (Å²) in [5, 5.41) is 3.91. The lowest BCUT2D eigenvalue weighted by molar-refractivity contribution is -0.121. The Morgan fingerprint density at radius 2 is 2.19 bits per heavy atom. The van der Waals surface area contributed by atoms with Gasteiger partial charge in [0, 0.05) is 38.2 Å². The van der Waals surface area contributed by atoms with Crippen molar-refractivity contribution in [3.8, 4) is 0 Å². The Bertz CT molecular complexity index is 687. The number of fused-ring (bicyclic) bond motifs is 1. The third-order valence-corrected chi connectivity index (χ3v) is 4.24. The number of aromatic nitrogens is 3. The number of aryl methyl sites for hydroxylation is 1. The number of para-hydroxylation sites is 1. The Labute approximate surface area is 126 Å². The quantitative estimate of drug-likeness (QED) is 0.734. The van der Waals surface area contributed by atoms with Crippen molar-refractivity contribution in [3.05, 3.63) is 47.5 Å². The van der Waals surface area contributed by atoms with Crippen LogP contribution in [-0.2, 0) is 17.6 Å². The van der Waals surface area contributed by atoms with E-state index in [1.807, 2.05) is 18.2 Å². The lowest BCUT2D eigenvalue weighted by atomic mass is 10.3. The molecule has 1 amide bonds. The van der Waals surface area contributed by atoms with E-state index in [2.05, 4.69) is 26.3 Å². The van der Waals surface area contributed by atoms with Crippen LogP contribution in [0.15, 0.2) is 36.7 Å². The van der Waals surface area contributed by atoms with Crippen LogP contribution in [-0.4, -0.2) is 27.4 Å². The molecule has 0 fully saturated rings. The van der Waals surface area contributed by atoms with Gasteiger partial charge in [-0.1, -0.05) is 12.1 Å². The highest BCUT2D eigenvalue weighted by Crippen LogP contribution is 2.22.